The maximum atomic E-state index is 13.5. The molecule has 1 fully saturated rings. The average Bonchev–Trinajstić information content (AvgIpc) is 2.84. The number of nitrogens with one attached hydrogen (secondary N) is 1. The molecule has 1 aliphatic heterocycles. The third-order valence-corrected chi connectivity index (χ3v) is 6.40. The van der Waals surface area contributed by atoms with E-state index in [-0.39, 0.29) is 11.9 Å². The van der Waals surface area contributed by atoms with Crippen LogP contribution in [0.15, 0.2) is 36.5 Å². The van der Waals surface area contributed by atoms with Crippen LogP contribution in [-0.2, 0) is 19.0 Å². The lowest BCUT2D eigenvalue weighted by Gasteiger charge is -2.36. The number of aromatic nitrogens is 4. The molecular weight excluding hydrogens is 514 g/mol. The highest BCUT2D eigenvalue weighted by molar-refractivity contribution is 6.42. The lowest BCUT2D eigenvalue weighted by molar-refractivity contribution is -0.137. The predicted octanol–water partition coefficient (Wildman–Crippen LogP) is 5.52. The minimum Gasteiger partial charge on any atom is -0.353 e. The molecule has 0 saturated carbocycles. The second-order valence-electron chi connectivity index (χ2n) is 8.77. The first-order chi connectivity index (χ1) is 17.1. The topological polar surface area (TPSA) is 70.1 Å². The number of aryl methyl sites for hydroxylation is 2. The number of rotatable bonds is 7. The first-order valence-corrected chi connectivity index (χ1v) is 12.3. The molecule has 1 saturated heterocycles. The van der Waals surface area contributed by atoms with E-state index in [1.165, 1.54) is 12.3 Å². The summed E-state index contributed by atoms with van der Waals surface area (Å²) in [5.74, 6) is 1.52. The van der Waals surface area contributed by atoms with Gasteiger partial charge in [-0.05, 0) is 50.1 Å². The minimum atomic E-state index is -4.46. The van der Waals surface area contributed by atoms with Crippen molar-refractivity contribution in [3.05, 3.63) is 63.5 Å². The van der Waals surface area contributed by atoms with Gasteiger partial charge in [-0.1, -0.05) is 29.3 Å². The van der Waals surface area contributed by atoms with Crippen LogP contribution in [0.1, 0.15) is 30.8 Å². The molecule has 0 atom stereocenters. The number of anilines is 3. The number of pyridine rings is 1. The van der Waals surface area contributed by atoms with Gasteiger partial charge in [0, 0.05) is 44.8 Å². The van der Waals surface area contributed by atoms with Crippen molar-refractivity contribution in [2.45, 2.75) is 38.9 Å². The molecule has 0 radical (unpaired) electrons. The van der Waals surface area contributed by atoms with Gasteiger partial charge in [0.05, 0.1) is 15.6 Å². The van der Waals surface area contributed by atoms with Gasteiger partial charge in [0.1, 0.15) is 11.6 Å². The van der Waals surface area contributed by atoms with Crippen molar-refractivity contribution in [1.82, 2.24) is 19.9 Å². The molecular formula is C24H26Cl2F3N7. The van der Waals surface area contributed by atoms with Crippen molar-refractivity contribution in [3.63, 3.8) is 0 Å². The summed E-state index contributed by atoms with van der Waals surface area (Å²) < 4.78 is 40.4. The Morgan fingerprint density at radius 1 is 0.944 bits per heavy atom. The van der Waals surface area contributed by atoms with Crippen molar-refractivity contribution >= 4 is 40.9 Å². The van der Waals surface area contributed by atoms with Gasteiger partial charge in [0.2, 0.25) is 11.9 Å². The van der Waals surface area contributed by atoms with Gasteiger partial charge >= 0.3 is 6.18 Å². The molecule has 0 spiro atoms. The van der Waals surface area contributed by atoms with E-state index < -0.39 is 11.7 Å². The molecule has 0 bridgehead atoms. The van der Waals surface area contributed by atoms with Crippen LogP contribution in [0.2, 0.25) is 10.0 Å². The van der Waals surface area contributed by atoms with Crippen LogP contribution in [-0.4, -0.2) is 52.2 Å². The number of alkyl halides is 3. The summed E-state index contributed by atoms with van der Waals surface area (Å²) in [5.41, 5.74) is 0.279. The number of hydrogen-bond acceptors (Lipinski definition) is 7. The Morgan fingerprint density at radius 3 is 2.33 bits per heavy atom. The van der Waals surface area contributed by atoms with E-state index in [0.717, 1.165) is 11.6 Å². The Morgan fingerprint density at radius 2 is 1.67 bits per heavy atom. The SMILES string of the molecule is CC(C)Nc1nc(CCc2ccc(Cl)c(Cl)c2)nc(N2CCN(c3ncccc3C(F)(F)F)CC2)n1. The molecule has 4 rings (SSSR count). The quantitative estimate of drug-likeness (QED) is 0.423. The first-order valence-electron chi connectivity index (χ1n) is 11.6. The maximum absolute atomic E-state index is 13.5. The zero-order chi connectivity index (χ0) is 25.9. The van der Waals surface area contributed by atoms with Crippen molar-refractivity contribution in [3.8, 4) is 0 Å². The van der Waals surface area contributed by atoms with E-state index in [0.29, 0.717) is 66.8 Å². The average molecular weight is 540 g/mol. The van der Waals surface area contributed by atoms with E-state index >= 15 is 0 Å². The fourth-order valence-corrected chi connectivity index (χ4v) is 4.24. The molecule has 192 valence electrons. The number of piperazine rings is 1. The smallest absolute Gasteiger partial charge is 0.353 e. The molecule has 0 amide bonds. The van der Waals surface area contributed by atoms with Crippen LogP contribution in [0.3, 0.4) is 0 Å². The van der Waals surface area contributed by atoms with Crippen molar-refractivity contribution < 1.29 is 13.2 Å². The van der Waals surface area contributed by atoms with Crippen LogP contribution >= 0.6 is 23.2 Å². The van der Waals surface area contributed by atoms with Gasteiger partial charge in [-0.3, -0.25) is 0 Å². The largest absolute Gasteiger partial charge is 0.419 e. The Balaban J connectivity index is 1.50. The van der Waals surface area contributed by atoms with Crippen LogP contribution in [0.25, 0.3) is 0 Å². The fourth-order valence-electron chi connectivity index (χ4n) is 3.92. The molecule has 0 unspecified atom stereocenters. The van der Waals surface area contributed by atoms with Gasteiger partial charge in [-0.15, -0.1) is 0 Å². The Bertz CT molecular complexity index is 1200. The van der Waals surface area contributed by atoms with E-state index in [9.17, 15) is 13.2 Å². The molecule has 7 nitrogen and oxygen atoms in total. The molecule has 2 aromatic heterocycles. The van der Waals surface area contributed by atoms with Gasteiger partial charge < -0.3 is 15.1 Å². The summed E-state index contributed by atoms with van der Waals surface area (Å²) in [7, 11) is 0. The summed E-state index contributed by atoms with van der Waals surface area (Å²) >= 11 is 12.1. The molecule has 1 aliphatic rings. The molecule has 1 aromatic carbocycles. The first kappa shape index (κ1) is 26.2. The monoisotopic (exact) mass is 539 g/mol. The van der Waals surface area contributed by atoms with Crippen LogP contribution < -0.4 is 15.1 Å². The third-order valence-electron chi connectivity index (χ3n) is 5.66. The van der Waals surface area contributed by atoms with Gasteiger partial charge in [0.25, 0.3) is 0 Å². The third kappa shape index (κ3) is 6.47. The highest BCUT2D eigenvalue weighted by atomic mass is 35.5. The molecule has 3 aromatic rings. The van der Waals surface area contributed by atoms with Crippen molar-refractivity contribution in [2.24, 2.45) is 0 Å². The zero-order valence-corrected chi connectivity index (χ0v) is 21.4. The van der Waals surface area contributed by atoms with E-state index in [4.69, 9.17) is 23.2 Å². The van der Waals surface area contributed by atoms with Crippen LogP contribution in [0.4, 0.5) is 30.9 Å². The van der Waals surface area contributed by atoms with Gasteiger partial charge in [-0.2, -0.15) is 28.1 Å². The fraction of sp³-hybridized carbons (Fsp3) is 0.417. The van der Waals surface area contributed by atoms with Crippen molar-refractivity contribution in [1.29, 1.82) is 0 Å². The number of nitrogens with zero attached hydrogens (tertiary/aromatic N) is 6. The predicted molar refractivity (Wildman–Crippen MR) is 136 cm³/mol. The normalized spacial score (nSPS) is 14.4. The Hall–Kier alpha value is -2.85. The number of halogens is 5. The molecule has 12 heteroatoms. The van der Waals surface area contributed by atoms with E-state index in [1.54, 1.807) is 11.0 Å². The summed E-state index contributed by atoms with van der Waals surface area (Å²) in [5, 5.41) is 4.22. The number of benzene rings is 1. The number of hydrogen-bond donors (Lipinski definition) is 1. The van der Waals surface area contributed by atoms with Crippen molar-refractivity contribution in [2.75, 3.05) is 41.3 Å². The van der Waals surface area contributed by atoms with E-state index in [2.05, 4.69) is 25.3 Å². The van der Waals surface area contributed by atoms with Crippen LogP contribution in [0, 0.1) is 0 Å². The second-order valence-corrected chi connectivity index (χ2v) is 9.58. The zero-order valence-electron chi connectivity index (χ0n) is 19.9. The molecule has 1 N–H and O–H groups in total. The Labute approximate surface area is 217 Å². The highest BCUT2D eigenvalue weighted by Gasteiger charge is 2.36. The highest BCUT2D eigenvalue weighted by Crippen LogP contribution is 2.35. The second kappa shape index (κ2) is 11.0. The van der Waals surface area contributed by atoms with Crippen LogP contribution in [0.5, 0.6) is 0 Å². The Kier molecular flexibility index (Phi) is 8.04. The molecule has 0 aliphatic carbocycles. The molecule has 3 heterocycles. The standard InChI is InChI=1S/C24H26Cl2F3N7/c1-15(2)31-22-32-20(8-6-16-5-7-18(25)19(26)14-16)33-23(34-22)36-12-10-35(11-13-36)21-17(24(27,28)29)4-3-9-30-21/h3-5,7,9,14-15H,6,8,10-13H2,1-2H3,(H,31,32,33,34). The van der Waals surface area contributed by atoms with Gasteiger partial charge in [-0.25, -0.2) is 4.98 Å². The summed E-state index contributed by atoms with van der Waals surface area (Å²) in [6, 6.07) is 7.97. The summed E-state index contributed by atoms with van der Waals surface area (Å²) in [6.07, 6.45) is -1.86. The minimum absolute atomic E-state index is 0.0511. The summed E-state index contributed by atoms with van der Waals surface area (Å²) in [4.78, 5) is 21.4. The summed E-state index contributed by atoms with van der Waals surface area (Å²) in [6.45, 7) is 5.59. The lowest BCUT2D eigenvalue weighted by atomic mass is 10.1. The molecule has 36 heavy (non-hydrogen) atoms. The van der Waals surface area contributed by atoms with E-state index in [1.807, 2.05) is 30.9 Å². The lowest BCUT2D eigenvalue weighted by Crippen LogP contribution is -2.48. The van der Waals surface area contributed by atoms with Gasteiger partial charge in [0.15, 0.2) is 0 Å². The maximum Gasteiger partial charge on any atom is 0.419 e.